The second-order valence-corrected chi connectivity index (χ2v) is 5.77. The van der Waals surface area contributed by atoms with Crippen LogP contribution in [0.25, 0.3) is 0 Å². The van der Waals surface area contributed by atoms with Gasteiger partial charge in [0, 0.05) is 10.0 Å². The maximum atomic E-state index is 11.2. The predicted octanol–water partition coefficient (Wildman–Crippen LogP) is 4.43. The first-order valence-electron chi connectivity index (χ1n) is 6.24. The summed E-state index contributed by atoms with van der Waals surface area (Å²) < 4.78 is 0. The van der Waals surface area contributed by atoms with Gasteiger partial charge in [-0.1, -0.05) is 42.1 Å². The van der Waals surface area contributed by atoms with Crippen molar-refractivity contribution in [1.29, 1.82) is 0 Å². The van der Waals surface area contributed by atoms with Crippen molar-refractivity contribution in [2.24, 2.45) is 11.8 Å². The van der Waals surface area contributed by atoms with Crippen LogP contribution in [-0.4, -0.2) is 11.1 Å². The zero-order valence-electron chi connectivity index (χ0n) is 10.0. The summed E-state index contributed by atoms with van der Waals surface area (Å²) >= 11 is 12.0. The van der Waals surface area contributed by atoms with Gasteiger partial charge in [0.15, 0.2) is 0 Å². The lowest BCUT2D eigenvalue weighted by atomic mass is 9.76. The number of carboxylic acids is 1. The van der Waals surface area contributed by atoms with Crippen LogP contribution in [-0.2, 0) is 11.2 Å². The van der Waals surface area contributed by atoms with Gasteiger partial charge in [0.25, 0.3) is 0 Å². The molecule has 18 heavy (non-hydrogen) atoms. The Labute approximate surface area is 117 Å². The van der Waals surface area contributed by atoms with Crippen molar-refractivity contribution in [2.45, 2.75) is 32.1 Å². The van der Waals surface area contributed by atoms with Crippen molar-refractivity contribution in [1.82, 2.24) is 0 Å². The molecule has 1 aromatic rings. The van der Waals surface area contributed by atoms with Crippen LogP contribution in [0.3, 0.4) is 0 Å². The van der Waals surface area contributed by atoms with Gasteiger partial charge in [-0.3, -0.25) is 4.79 Å². The summed E-state index contributed by atoms with van der Waals surface area (Å²) in [5, 5.41) is 10.5. The van der Waals surface area contributed by atoms with Gasteiger partial charge in [-0.05, 0) is 42.9 Å². The Balaban J connectivity index is 2.13. The Morgan fingerprint density at radius 2 is 2.00 bits per heavy atom. The van der Waals surface area contributed by atoms with Gasteiger partial charge in [-0.15, -0.1) is 0 Å². The zero-order valence-corrected chi connectivity index (χ0v) is 11.5. The molecule has 1 aliphatic rings. The van der Waals surface area contributed by atoms with Crippen LogP contribution in [0.2, 0.25) is 10.0 Å². The average molecular weight is 287 g/mol. The predicted molar refractivity (Wildman–Crippen MR) is 73.2 cm³/mol. The molecule has 0 aliphatic heterocycles. The van der Waals surface area contributed by atoms with E-state index in [2.05, 4.69) is 0 Å². The van der Waals surface area contributed by atoms with Crippen LogP contribution >= 0.6 is 23.2 Å². The molecule has 0 spiro atoms. The van der Waals surface area contributed by atoms with Crippen LogP contribution in [0.1, 0.15) is 31.2 Å². The smallest absolute Gasteiger partial charge is 0.306 e. The standard InChI is InChI=1S/C14H16Cl2O2/c15-11-6-5-10(13(16)8-11)7-9-3-1-2-4-12(9)14(17)18/h5-6,8-9,12H,1-4,7H2,(H,17,18). The van der Waals surface area contributed by atoms with Gasteiger partial charge < -0.3 is 5.11 Å². The highest BCUT2D eigenvalue weighted by molar-refractivity contribution is 6.35. The van der Waals surface area contributed by atoms with Crippen LogP contribution in [0.15, 0.2) is 18.2 Å². The molecule has 1 N–H and O–H groups in total. The first-order chi connectivity index (χ1) is 8.58. The first-order valence-corrected chi connectivity index (χ1v) is 7.00. The topological polar surface area (TPSA) is 37.3 Å². The van der Waals surface area contributed by atoms with E-state index in [-0.39, 0.29) is 11.8 Å². The van der Waals surface area contributed by atoms with Crippen LogP contribution in [0.5, 0.6) is 0 Å². The normalized spacial score (nSPS) is 23.9. The molecule has 1 saturated carbocycles. The molecule has 0 bridgehead atoms. The molecule has 0 saturated heterocycles. The fourth-order valence-corrected chi connectivity index (χ4v) is 3.23. The number of hydrogen-bond donors (Lipinski definition) is 1. The number of rotatable bonds is 3. The number of benzene rings is 1. The molecule has 0 amide bonds. The van der Waals surface area contributed by atoms with Gasteiger partial charge >= 0.3 is 5.97 Å². The molecular formula is C14H16Cl2O2. The quantitative estimate of drug-likeness (QED) is 0.893. The van der Waals surface area contributed by atoms with E-state index >= 15 is 0 Å². The summed E-state index contributed by atoms with van der Waals surface area (Å²) in [6, 6.07) is 5.43. The van der Waals surface area contributed by atoms with E-state index in [9.17, 15) is 9.90 Å². The van der Waals surface area contributed by atoms with E-state index in [1.165, 1.54) is 0 Å². The molecule has 2 rings (SSSR count). The third-order valence-corrected chi connectivity index (χ3v) is 4.31. The lowest BCUT2D eigenvalue weighted by Gasteiger charge is -2.28. The van der Waals surface area contributed by atoms with E-state index in [1.54, 1.807) is 12.1 Å². The minimum absolute atomic E-state index is 0.190. The van der Waals surface area contributed by atoms with Crippen molar-refractivity contribution >= 4 is 29.2 Å². The molecule has 1 aliphatic carbocycles. The summed E-state index contributed by atoms with van der Waals surface area (Å²) in [5.41, 5.74) is 0.999. The van der Waals surface area contributed by atoms with Gasteiger partial charge in [0.1, 0.15) is 0 Å². The summed E-state index contributed by atoms with van der Waals surface area (Å²) in [6.07, 6.45) is 4.61. The monoisotopic (exact) mass is 286 g/mol. The Bertz CT molecular complexity index is 445. The second kappa shape index (κ2) is 5.94. The van der Waals surface area contributed by atoms with Gasteiger partial charge in [0.05, 0.1) is 5.92 Å². The average Bonchev–Trinajstić information content (AvgIpc) is 2.33. The number of carbonyl (C=O) groups is 1. The molecule has 0 radical (unpaired) electrons. The number of aliphatic carboxylic acids is 1. The largest absolute Gasteiger partial charge is 0.481 e. The van der Waals surface area contributed by atoms with Gasteiger partial charge in [-0.2, -0.15) is 0 Å². The molecule has 98 valence electrons. The lowest BCUT2D eigenvalue weighted by molar-refractivity contribution is -0.144. The molecule has 4 heteroatoms. The third kappa shape index (κ3) is 3.18. The molecule has 2 nitrogen and oxygen atoms in total. The van der Waals surface area contributed by atoms with E-state index in [1.807, 2.05) is 6.07 Å². The Morgan fingerprint density at radius 1 is 1.28 bits per heavy atom. The van der Waals surface area contributed by atoms with Gasteiger partial charge in [0.2, 0.25) is 0 Å². The summed E-state index contributed by atoms with van der Waals surface area (Å²) in [6.45, 7) is 0. The summed E-state index contributed by atoms with van der Waals surface area (Å²) in [5.74, 6) is -0.717. The fraction of sp³-hybridized carbons (Fsp3) is 0.500. The van der Waals surface area contributed by atoms with Crippen molar-refractivity contribution in [3.63, 3.8) is 0 Å². The van der Waals surface area contributed by atoms with Crippen LogP contribution < -0.4 is 0 Å². The third-order valence-electron chi connectivity index (χ3n) is 3.72. The molecule has 2 unspecified atom stereocenters. The molecule has 1 aromatic carbocycles. The van der Waals surface area contributed by atoms with E-state index in [0.717, 1.165) is 37.7 Å². The molecule has 0 aromatic heterocycles. The first kappa shape index (κ1) is 13.7. The lowest BCUT2D eigenvalue weighted by Crippen LogP contribution is -2.28. The Hall–Kier alpha value is -0.730. The Morgan fingerprint density at radius 3 is 2.67 bits per heavy atom. The molecule has 2 atom stereocenters. The SMILES string of the molecule is O=C(O)C1CCCCC1Cc1ccc(Cl)cc1Cl. The minimum Gasteiger partial charge on any atom is -0.481 e. The highest BCUT2D eigenvalue weighted by Crippen LogP contribution is 2.34. The maximum absolute atomic E-state index is 11.2. The summed E-state index contributed by atoms with van der Waals surface area (Å²) in [4.78, 5) is 11.2. The maximum Gasteiger partial charge on any atom is 0.306 e. The zero-order chi connectivity index (χ0) is 13.1. The van der Waals surface area contributed by atoms with E-state index < -0.39 is 5.97 Å². The minimum atomic E-state index is -0.676. The molecule has 1 fully saturated rings. The highest BCUT2D eigenvalue weighted by Gasteiger charge is 2.31. The van der Waals surface area contributed by atoms with Crippen molar-refractivity contribution in [3.8, 4) is 0 Å². The molecular weight excluding hydrogens is 271 g/mol. The van der Waals surface area contributed by atoms with Crippen LogP contribution in [0.4, 0.5) is 0 Å². The summed E-state index contributed by atoms with van der Waals surface area (Å²) in [7, 11) is 0. The van der Waals surface area contributed by atoms with Crippen molar-refractivity contribution < 1.29 is 9.90 Å². The second-order valence-electron chi connectivity index (χ2n) is 4.93. The van der Waals surface area contributed by atoms with E-state index in [4.69, 9.17) is 23.2 Å². The van der Waals surface area contributed by atoms with Gasteiger partial charge in [-0.25, -0.2) is 0 Å². The highest BCUT2D eigenvalue weighted by atomic mass is 35.5. The van der Waals surface area contributed by atoms with Crippen LogP contribution in [0, 0.1) is 11.8 Å². The fourth-order valence-electron chi connectivity index (χ4n) is 2.75. The van der Waals surface area contributed by atoms with Crippen molar-refractivity contribution in [2.75, 3.05) is 0 Å². The number of halogens is 2. The number of carboxylic acid groups (broad SMARTS) is 1. The molecule has 0 heterocycles. The number of hydrogen-bond acceptors (Lipinski definition) is 1. The van der Waals surface area contributed by atoms with Crippen molar-refractivity contribution in [3.05, 3.63) is 33.8 Å². The van der Waals surface area contributed by atoms with E-state index in [0.29, 0.717) is 10.0 Å². The Kier molecular flexibility index (Phi) is 4.52.